The van der Waals surface area contributed by atoms with Crippen molar-refractivity contribution in [3.8, 4) is 0 Å². The van der Waals surface area contributed by atoms with Gasteiger partial charge in [-0.3, -0.25) is 0 Å². The quantitative estimate of drug-likeness (QED) is 0.818. The summed E-state index contributed by atoms with van der Waals surface area (Å²) in [7, 11) is 0. The molecule has 2 fully saturated rings. The third kappa shape index (κ3) is 4.87. The third-order valence-electron chi connectivity index (χ3n) is 4.40. The van der Waals surface area contributed by atoms with E-state index >= 15 is 0 Å². The molecule has 2 aliphatic heterocycles. The fraction of sp³-hybridized carbons (Fsp3) is 0.632. The van der Waals surface area contributed by atoms with E-state index in [1.54, 1.807) is 4.90 Å². The van der Waals surface area contributed by atoms with Crippen molar-refractivity contribution in [2.45, 2.75) is 44.8 Å². The van der Waals surface area contributed by atoms with Crippen LogP contribution in [0, 0.1) is 0 Å². The molecule has 0 aliphatic carbocycles. The number of rotatable bonds is 3. The number of ether oxygens (including phenoxy) is 3. The maximum absolute atomic E-state index is 12.2. The summed E-state index contributed by atoms with van der Waals surface area (Å²) in [5.41, 5.74) is 1.78. The molecule has 0 aromatic heterocycles. The highest BCUT2D eigenvalue weighted by molar-refractivity contribution is 6.31. The second kappa shape index (κ2) is 7.52. The van der Waals surface area contributed by atoms with E-state index in [4.69, 9.17) is 25.8 Å². The summed E-state index contributed by atoms with van der Waals surface area (Å²) in [6.07, 6.45) is 0.398. The van der Waals surface area contributed by atoms with Gasteiger partial charge in [0.1, 0.15) is 5.60 Å². The molecular weight excluding hydrogens is 342 g/mol. The van der Waals surface area contributed by atoms with Crippen LogP contribution in [-0.4, -0.2) is 55.6 Å². The molecule has 1 amide bonds. The predicted octanol–water partition coefficient (Wildman–Crippen LogP) is 3.63. The molecule has 0 spiro atoms. The van der Waals surface area contributed by atoms with Gasteiger partial charge in [-0.2, -0.15) is 0 Å². The monoisotopic (exact) mass is 367 g/mol. The Hall–Kier alpha value is -1.30. The minimum atomic E-state index is -0.487. The number of hydrogen-bond donors (Lipinski definition) is 0. The van der Waals surface area contributed by atoms with Gasteiger partial charge in [-0.05, 0) is 38.0 Å². The molecule has 0 saturated carbocycles. The van der Waals surface area contributed by atoms with Crippen LogP contribution in [0.15, 0.2) is 18.2 Å². The summed E-state index contributed by atoms with van der Waals surface area (Å²) in [5.74, 6) is 0.412. The van der Waals surface area contributed by atoms with E-state index in [9.17, 15) is 4.79 Å². The first-order valence-electron chi connectivity index (χ1n) is 8.77. The molecule has 3 rings (SSSR count). The number of morpholine rings is 1. The van der Waals surface area contributed by atoms with Gasteiger partial charge in [-0.15, -0.1) is 0 Å². The number of halogens is 1. The van der Waals surface area contributed by atoms with Gasteiger partial charge in [-0.25, -0.2) is 4.79 Å². The van der Waals surface area contributed by atoms with Crippen molar-refractivity contribution in [3.63, 3.8) is 0 Å². The first-order chi connectivity index (χ1) is 11.8. The van der Waals surface area contributed by atoms with E-state index in [0.29, 0.717) is 25.6 Å². The summed E-state index contributed by atoms with van der Waals surface area (Å²) in [5, 5.41) is 0.783. The largest absolute Gasteiger partial charge is 0.444 e. The zero-order valence-corrected chi connectivity index (χ0v) is 15.8. The van der Waals surface area contributed by atoms with E-state index in [2.05, 4.69) is 12.1 Å². The molecule has 0 N–H and O–H groups in total. The summed E-state index contributed by atoms with van der Waals surface area (Å²) >= 11 is 6.43. The van der Waals surface area contributed by atoms with Crippen LogP contribution in [0.5, 0.6) is 0 Å². The highest BCUT2D eigenvalue weighted by Crippen LogP contribution is 2.31. The Morgan fingerprint density at radius 1 is 1.36 bits per heavy atom. The average Bonchev–Trinajstić information content (AvgIpc) is 2.47. The molecule has 25 heavy (non-hydrogen) atoms. The van der Waals surface area contributed by atoms with Crippen LogP contribution >= 0.6 is 11.6 Å². The van der Waals surface area contributed by atoms with Crippen molar-refractivity contribution >= 4 is 17.7 Å². The fourth-order valence-electron chi connectivity index (χ4n) is 3.04. The Kier molecular flexibility index (Phi) is 5.56. The van der Waals surface area contributed by atoms with E-state index in [0.717, 1.165) is 35.8 Å². The lowest BCUT2D eigenvalue weighted by Gasteiger charge is -2.34. The predicted molar refractivity (Wildman–Crippen MR) is 96.3 cm³/mol. The Morgan fingerprint density at radius 3 is 2.72 bits per heavy atom. The summed E-state index contributed by atoms with van der Waals surface area (Å²) in [6, 6.07) is 6.18. The van der Waals surface area contributed by atoms with Gasteiger partial charge < -0.3 is 19.1 Å². The van der Waals surface area contributed by atoms with Crippen molar-refractivity contribution in [2.24, 2.45) is 0 Å². The smallest absolute Gasteiger partial charge is 0.410 e. The normalized spacial score (nSPS) is 21.8. The molecule has 6 heteroatoms. The molecule has 2 saturated heterocycles. The lowest BCUT2D eigenvalue weighted by atomic mass is 9.95. The lowest BCUT2D eigenvalue weighted by molar-refractivity contribution is -0.0415. The van der Waals surface area contributed by atoms with Crippen LogP contribution in [0.25, 0.3) is 0 Å². The molecule has 138 valence electrons. The molecule has 1 aromatic rings. The summed E-state index contributed by atoms with van der Waals surface area (Å²) in [4.78, 5) is 14.0. The first kappa shape index (κ1) is 18.5. The van der Waals surface area contributed by atoms with Gasteiger partial charge >= 0.3 is 6.09 Å². The highest BCUT2D eigenvalue weighted by Gasteiger charge is 2.28. The standard InChI is InChI=1S/C19H26ClNO4/c1-19(2,3)25-18(22)21-6-7-24-15(10-21)8-13-4-5-16(17(20)9-13)14-11-23-12-14/h4-5,9,14-15H,6-8,10-12H2,1-3H3. The number of benzene rings is 1. The zero-order valence-electron chi connectivity index (χ0n) is 15.1. The second-order valence-corrected chi connectivity index (χ2v) is 8.12. The first-order valence-corrected chi connectivity index (χ1v) is 9.15. The van der Waals surface area contributed by atoms with Crippen LogP contribution in [0.4, 0.5) is 4.79 Å². The van der Waals surface area contributed by atoms with Gasteiger partial charge in [0.2, 0.25) is 0 Å². The highest BCUT2D eigenvalue weighted by atomic mass is 35.5. The molecule has 2 aliphatic rings. The van der Waals surface area contributed by atoms with Crippen LogP contribution in [0.3, 0.4) is 0 Å². The van der Waals surface area contributed by atoms with Gasteiger partial charge in [-0.1, -0.05) is 23.7 Å². The maximum Gasteiger partial charge on any atom is 0.410 e. The van der Waals surface area contributed by atoms with Crippen molar-refractivity contribution in [1.82, 2.24) is 4.90 Å². The number of hydrogen-bond acceptors (Lipinski definition) is 4. The van der Waals surface area contributed by atoms with E-state index in [-0.39, 0.29) is 12.2 Å². The van der Waals surface area contributed by atoms with Crippen molar-refractivity contribution in [2.75, 3.05) is 32.9 Å². The molecule has 1 atom stereocenters. The Labute approximate surface area is 154 Å². The fourth-order valence-corrected chi connectivity index (χ4v) is 3.40. The van der Waals surface area contributed by atoms with Crippen LogP contribution in [0.2, 0.25) is 5.02 Å². The topological polar surface area (TPSA) is 48.0 Å². The number of amides is 1. The van der Waals surface area contributed by atoms with Gasteiger partial charge in [0.15, 0.2) is 0 Å². The Bertz CT molecular complexity index is 624. The van der Waals surface area contributed by atoms with Gasteiger partial charge in [0.05, 0.1) is 32.5 Å². The molecular formula is C19H26ClNO4. The molecule has 2 heterocycles. The molecule has 1 aromatic carbocycles. The number of nitrogens with zero attached hydrogens (tertiary/aromatic N) is 1. The summed E-state index contributed by atoms with van der Waals surface area (Å²) < 4.78 is 16.5. The Morgan fingerprint density at radius 2 is 2.12 bits per heavy atom. The number of carbonyl (C=O) groups excluding carboxylic acids is 1. The second-order valence-electron chi connectivity index (χ2n) is 7.71. The SMILES string of the molecule is CC(C)(C)OC(=O)N1CCOC(Cc2ccc(C3COC3)c(Cl)c2)C1. The lowest BCUT2D eigenvalue weighted by Crippen LogP contribution is -2.48. The average molecular weight is 368 g/mol. The minimum absolute atomic E-state index is 0.0461. The zero-order chi connectivity index (χ0) is 18.0. The molecule has 5 nitrogen and oxygen atoms in total. The van der Waals surface area contributed by atoms with Crippen LogP contribution < -0.4 is 0 Å². The van der Waals surface area contributed by atoms with E-state index in [1.165, 1.54) is 0 Å². The van der Waals surface area contributed by atoms with Crippen LogP contribution in [0.1, 0.15) is 37.8 Å². The maximum atomic E-state index is 12.2. The third-order valence-corrected chi connectivity index (χ3v) is 4.72. The molecule has 1 unspecified atom stereocenters. The molecule has 0 bridgehead atoms. The minimum Gasteiger partial charge on any atom is -0.444 e. The number of carbonyl (C=O) groups is 1. The van der Waals surface area contributed by atoms with Crippen molar-refractivity contribution in [1.29, 1.82) is 0 Å². The van der Waals surface area contributed by atoms with E-state index in [1.807, 2.05) is 26.8 Å². The van der Waals surface area contributed by atoms with Crippen LogP contribution in [-0.2, 0) is 20.6 Å². The Balaban J connectivity index is 1.59. The summed E-state index contributed by atoms with van der Waals surface area (Å²) in [6.45, 7) is 8.73. The van der Waals surface area contributed by atoms with Gasteiger partial charge in [0, 0.05) is 23.9 Å². The molecule has 0 radical (unpaired) electrons. The van der Waals surface area contributed by atoms with Crippen molar-refractivity contribution in [3.05, 3.63) is 34.3 Å². The van der Waals surface area contributed by atoms with Gasteiger partial charge in [0.25, 0.3) is 0 Å². The van der Waals surface area contributed by atoms with E-state index < -0.39 is 5.60 Å². The van der Waals surface area contributed by atoms with Crippen molar-refractivity contribution < 1.29 is 19.0 Å².